The molecule has 0 saturated carbocycles. The second kappa shape index (κ2) is 9.46. The molecule has 0 aliphatic carbocycles. The standard InChI is InChI=1S/C16H27N3O2S/c1-4-6-12-18-16(17-3)19-14(5-2)13-22(20,21)15-10-8-7-9-11-15/h7-11,14H,4-6,12-13H2,1-3H3,(H2,17,18,19). The summed E-state index contributed by atoms with van der Waals surface area (Å²) >= 11 is 0. The molecule has 0 aliphatic heterocycles. The third kappa shape index (κ3) is 6.05. The van der Waals surface area contributed by atoms with Gasteiger partial charge in [0.2, 0.25) is 0 Å². The lowest BCUT2D eigenvalue weighted by atomic mass is 10.2. The van der Waals surface area contributed by atoms with E-state index in [9.17, 15) is 8.42 Å². The Hall–Kier alpha value is -1.56. The number of hydrogen-bond acceptors (Lipinski definition) is 3. The lowest BCUT2D eigenvalue weighted by Crippen LogP contribution is -2.46. The van der Waals surface area contributed by atoms with Crippen molar-refractivity contribution in [3.63, 3.8) is 0 Å². The van der Waals surface area contributed by atoms with E-state index in [4.69, 9.17) is 0 Å². The highest BCUT2D eigenvalue weighted by Gasteiger charge is 2.20. The van der Waals surface area contributed by atoms with E-state index in [1.54, 1.807) is 31.3 Å². The first-order valence-corrected chi connectivity index (χ1v) is 9.43. The Labute approximate surface area is 134 Å². The topological polar surface area (TPSA) is 70.6 Å². The first-order chi connectivity index (χ1) is 10.5. The summed E-state index contributed by atoms with van der Waals surface area (Å²) < 4.78 is 24.9. The summed E-state index contributed by atoms with van der Waals surface area (Å²) in [4.78, 5) is 4.51. The third-order valence-electron chi connectivity index (χ3n) is 3.40. The largest absolute Gasteiger partial charge is 0.356 e. The molecule has 0 fully saturated rings. The van der Waals surface area contributed by atoms with Gasteiger partial charge in [0.25, 0.3) is 0 Å². The predicted octanol–water partition coefficient (Wildman–Crippen LogP) is 2.20. The van der Waals surface area contributed by atoms with Crippen LogP contribution in [0.25, 0.3) is 0 Å². The zero-order chi connectivity index (χ0) is 16.4. The zero-order valence-electron chi connectivity index (χ0n) is 13.7. The molecule has 1 atom stereocenters. The lowest BCUT2D eigenvalue weighted by Gasteiger charge is -2.20. The molecular formula is C16H27N3O2S. The maximum atomic E-state index is 12.4. The summed E-state index contributed by atoms with van der Waals surface area (Å²) in [6.45, 7) is 4.93. The van der Waals surface area contributed by atoms with E-state index in [0.29, 0.717) is 17.3 Å². The van der Waals surface area contributed by atoms with Crippen LogP contribution in [-0.4, -0.2) is 39.8 Å². The molecule has 0 bridgehead atoms. The number of rotatable bonds is 8. The second-order valence-corrected chi connectivity index (χ2v) is 7.23. The van der Waals surface area contributed by atoms with Crippen molar-refractivity contribution in [2.24, 2.45) is 4.99 Å². The molecule has 1 unspecified atom stereocenters. The van der Waals surface area contributed by atoms with Crippen LogP contribution >= 0.6 is 0 Å². The normalized spacial score (nSPS) is 13.7. The van der Waals surface area contributed by atoms with E-state index in [2.05, 4.69) is 22.5 Å². The van der Waals surface area contributed by atoms with Gasteiger partial charge in [-0.1, -0.05) is 38.5 Å². The molecule has 2 N–H and O–H groups in total. The molecular weight excluding hydrogens is 298 g/mol. The summed E-state index contributed by atoms with van der Waals surface area (Å²) in [6.07, 6.45) is 2.87. The smallest absolute Gasteiger partial charge is 0.191 e. The first-order valence-electron chi connectivity index (χ1n) is 7.78. The molecule has 1 aromatic carbocycles. The van der Waals surface area contributed by atoms with Gasteiger partial charge in [0.15, 0.2) is 15.8 Å². The Balaban J connectivity index is 2.68. The third-order valence-corrected chi connectivity index (χ3v) is 5.23. The van der Waals surface area contributed by atoms with Crippen molar-refractivity contribution in [3.05, 3.63) is 30.3 Å². The number of nitrogens with one attached hydrogen (secondary N) is 2. The number of aliphatic imine (C=N–C) groups is 1. The van der Waals surface area contributed by atoms with Crippen molar-refractivity contribution < 1.29 is 8.42 Å². The monoisotopic (exact) mass is 325 g/mol. The molecule has 0 heterocycles. The minimum Gasteiger partial charge on any atom is -0.356 e. The molecule has 22 heavy (non-hydrogen) atoms. The predicted molar refractivity (Wildman–Crippen MR) is 92.0 cm³/mol. The average molecular weight is 325 g/mol. The second-order valence-electron chi connectivity index (χ2n) is 5.20. The summed E-state index contributed by atoms with van der Waals surface area (Å²) in [5.74, 6) is 0.714. The van der Waals surface area contributed by atoms with E-state index < -0.39 is 9.84 Å². The van der Waals surface area contributed by atoms with Crippen LogP contribution in [-0.2, 0) is 9.84 Å². The van der Waals surface area contributed by atoms with Crippen molar-refractivity contribution >= 4 is 15.8 Å². The van der Waals surface area contributed by atoms with Crippen molar-refractivity contribution in [1.82, 2.24) is 10.6 Å². The zero-order valence-corrected chi connectivity index (χ0v) is 14.5. The highest BCUT2D eigenvalue weighted by Crippen LogP contribution is 2.12. The Morgan fingerprint density at radius 1 is 1.23 bits per heavy atom. The molecule has 0 saturated heterocycles. The molecule has 6 heteroatoms. The van der Waals surface area contributed by atoms with Gasteiger partial charge in [-0.2, -0.15) is 0 Å². The van der Waals surface area contributed by atoms with Crippen LogP contribution < -0.4 is 10.6 Å². The summed E-state index contributed by atoms with van der Waals surface area (Å²) in [5, 5.41) is 6.40. The highest BCUT2D eigenvalue weighted by atomic mass is 32.2. The van der Waals surface area contributed by atoms with E-state index >= 15 is 0 Å². The molecule has 124 valence electrons. The van der Waals surface area contributed by atoms with Gasteiger partial charge >= 0.3 is 0 Å². The summed E-state index contributed by atoms with van der Waals surface area (Å²) in [5.41, 5.74) is 0. The molecule has 1 rings (SSSR count). The Kier molecular flexibility index (Phi) is 7.95. The SMILES string of the molecule is CCCCNC(=NC)NC(CC)CS(=O)(=O)c1ccccc1. The van der Waals surface area contributed by atoms with Crippen molar-refractivity contribution in [2.45, 2.75) is 44.0 Å². The number of nitrogens with zero attached hydrogens (tertiary/aromatic N) is 1. The van der Waals surface area contributed by atoms with Crippen LogP contribution in [0.15, 0.2) is 40.2 Å². The van der Waals surface area contributed by atoms with Crippen LogP contribution in [0.2, 0.25) is 0 Å². The quantitative estimate of drug-likeness (QED) is 0.437. The van der Waals surface area contributed by atoms with Crippen LogP contribution in [0.3, 0.4) is 0 Å². The fourth-order valence-corrected chi connectivity index (χ4v) is 3.64. The maximum Gasteiger partial charge on any atom is 0.191 e. The van der Waals surface area contributed by atoms with Gasteiger partial charge in [-0.3, -0.25) is 4.99 Å². The molecule has 0 amide bonds. The van der Waals surface area contributed by atoms with Crippen molar-refractivity contribution in [3.8, 4) is 0 Å². The van der Waals surface area contributed by atoms with Crippen LogP contribution in [0.5, 0.6) is 0 Å². The van der Waals surface area contributed by atoms with Crippen molar-refractivity contribution in [2.75, 3.05) is 19.3 Å². The fourth-order valence-electron chi connectivity index (χ4n) is 2.02. The number of guanidine groups is 1. The first kappa shape index (κ1) is 18.5. The Morgan fingerprint density at radius 2 is 1.91 bits per heavy atom. The van der Waals surface area contributed by atoms with Gasteiger partial charge in [0.1, 0.15) is 0 Å². The van der Waals surface area contributed by atoms with E-state index in [-0.39, 0.29) is 11.8 Å². The van der Waals surface area contributed by atoms with Gasteiger partial charge < -0.3 is 10.6 Å². The Morgan fingerprint density at radius 3 is 2.45 bits per heavy atom. The van der Waals surface area contributed by atoms with Gasteiger partial charge in [0, 0.05) is 19.6 Å². The minimum absolute atomic E-state index is 0.0575. The molecule has 1 aromatic rings. The average Bonchev–Trinajstić information content (AvgIpc) is 2.53. The van der Waals surface area contributed by atoms with Crippen molar-refractivity contribution in [1.29, 1.82) is 0 Å². The van der Waals surface area contributed by atoms with Crippen LogP contribution in [0.4, 0.5) is 0 Å². The van der Waals surface area contributed by atoms with Gasteiger partial charge in [-0.05, 0) is 25.0 Å². The van der Waals surface area contributed by atoms with E-state index in [0.717, 1.165) is 19.4 Å². The number of unbranched alkanes of at least 4 members (excludes halogenated alkanes) is 1. The van der Waals surface area contributed by atoms with Crippen LogP contribution in [0, 0.1) is 0 Å². The highest BCUT2D eigenvalue weighted by molar-refractivity contribution is 7.91. The number of benzene rings is 1. The minimum atomic E-state index is -3.30. The number of hydrogen-bond donors (Lipinski definition) is 2. The van der Waals surface area contributed by atoms with E-state index in [1.165, 1.54) is 0 Å². The van der Waals surface area contributed by atoms with Gasteiger partial charge in [-0.15, -0.1) is 0 Å². The summed E-state index contributed by atoms with van der Waals surface area (Å²) in [7, 11) is -1.60. The van der Waals surface area contributed by atoms with Gasteiger partial charge in [-0.25, -0.2) is 8.42 Å². The van der Waals surface area contributed by atoms with E-state index in [1.807, 2.05) is 13.0 Å². The Bertz CT molecular complexity index is 556. The molecule has 5 nitrogen and oxygen atoms in total. The number of sulfone groups is 1. The molecule has 0 aliphatic rings. The summed E-state index contributed by atoms with van der Waals surface area (Å²) in [6, 6.07) is 8.40. The fraction of sp³-hybridized carbons (Fsp3) is 0.562. The lowest BCUT2D eigenvalue weighted by molar-refractivity contribution is 0.568. The maximum absolute atomic E-state index is 12.4. The molecule has 0 aromatic heterocycles. The van der Waals surface area contributed by atoms with Gasteiger partial charge in [0.05, 0.1) is 10.6 Å². The molecule has 0 radical (unpaired) electrons. The van der Waals surface area contributed by atoms with Crippen LogP contribution in [0.1, 0.15) is 33.1 Å². The molecule has 0 spiro atoms.